The smallest absolute Gasteiger partial charge is 0.405 e. The van der Waals surface area contributed by atoms with Gasteiger partial charge in [0.1, 0.15) is 17.6 Å². The zero-order valence-corrected chi connectivity index (χ0v) is 15.4. The first kappa shape index (κ1) is 19.7. The van der Waals surface area contributed by atoms with E-state index in [2.05, 4.69) is 9.64 Å². The van der Waals surface area contributed by atoms with Gasteiger partial charge in [0.05, 0.1) is 5.56 Å². The number of halogens is 4. The van der Waals surface area contributed by atoms with Crippen molar-refractivity contribution in [3.63, 3.8) is 0 Å². The van der Waals surface area contributed by atoms with Gasteiger partial charge in [-0.25, -0.2) is 4.39 Å². The summed E-state index contributed by atoms with van der Waals surface area (Å²) in [5, 5.41) is 8.89. The molecular formula is C21H19F4N3O. The van der Waals surface area contributed by atoms with E-state index in [4.69, 9.17) is 11.0 Å². The molecule has 3 atom stereocenters. The monoisotopic (exact) mass is 405 g/mol. The van der Waals surface area contributed by atoms with Crippen LogP contribution in [0.25, 0.3) is 11.1 Å². The summed E-state index contributed by atoms with van der Waals surface area (Å²) in [6.45, 7) is 0.279. The Kier molecular flexibility index (Phi) is 4.97. The lowest BCUT2D eigenvalue weighted by Gasteiger charge is -2.25. The van der Waals surface area contributed by atoms with Gasteiger partial charge in [-0.2, -0.15) is 5.26 Å². The number of fused-ring (bicyclic) bond motifs is 2. The van der Waals surface area contributed by atoms with Crippen LogP contribution in [0.5, 0.6) is 5.75 Å². The molecule has 2 N–H and O–H groups in total. The number of hydrogen-bond acceptors (Lipinski definition) is 4. The molecule has 2 aliphatic heterocycles. The Morgan fingerprint density at radius 3 is 2.59 bits per heavy atom. The fraction of sp³-hybridized carbons (Fsp3) is 0.381. The van der Waals surface area contributed by atoms with Crippen molar-refractivity contribution in [3.8, 4) is 22.9 Å². The second-order valence-electron chi connectivity index (χ2n) is 7.52. The molecule has 2 aromatic rings. The summed E-state index contributed by atoms with van der Waals surface area (Å²) in [6.07, 6.45) is -2.15. The predicted octanol–water partition coefficient (Wildman–Crippen LogP) is 4.33. The maximum Gasteiger partial charge on any atom is 0.573 e. The fourth-order valence-corrected chi connectivity index (χ4v) is 4.54. The summed E-state index contributed by atoms with van der Waals surface area (Å²) in [5.41, 5.74) is 6.68. The van der Waals surface area contributed by atoms with Crippen molar-refractivity contribution in [1.82, 2.24) is 4.90 Å². The van der Waals surface area contributed by atoms with Crippen LogP contribution in [0.15, 0.2) is 36.4 Å². The van der Waals surface area contributed by atoms with E-state index in [0.29, 0.717) is 5.56 Å². The molecule has 0 unspecified atom stereocenters. The van der Waals surface area contributed by atoms with Crippen LogP contribution in [-0.2, 0) is 6.54 Å². The van der Waals surface area contributed by atoms with Crippen LogP contribution in [0, 0.1) is 17.1 Å². The third-order valence-corrected chi connectivity index (χ3v) is 5.80. The highest BCUT2D eigenvalue weighted by Crippen LogP contribution is 2.42. The van der Waals surface area contributed by atoms with Crippen molar-refractivity contribution in [1.29, 1.82) is 5.26 Å². The molecule has 0 saturated carbocycles. The molecule has 29 heavy (non-hydrogen) atoms. The van der Waals surface area contributed by atoms with E-state index < -0.39 is 12.2 Å². The molecule has 4 rings (SSSR count). The Bertz CT molecular complexity index is 969. The topological polar surface area (TPSA) is 62.3 Å². The van der Waals surface area contributed by atoms with E-state index in [9.17, 15) is 17.6 Å². The number of hydrogen-bond donors (Lipinski definition) is 1. The van der Waals surface area contributed by atoms with E-state index in [-0.39, 0.29) is 47.1 Å². The highest BCUT2D eigenvalue weighted by molar-refractivity contribution is 5.73. The maximum absolute atomic E-state index is 14.1. The average molecular weight is 405 g/mol. The van der Waals surface area contributed by atoms with Crippen molar-refractivity contribution in [2.24, 2.45) is 5.73 Å². The minimum atomic E-state index is -4.89. The van der Waals surface area contributed by atoms with Crippen molar-refractivity contribution in [3.05, 3.63) is 53.3 Å². The van der Waals surface area contributed by atoms with Gasteiger partial charge in [-0.05, 0) is 37.0 Å². The lowest BCUT2D eigenvalue weighted by molar-refractivity contribution is -0.274. The summed E-state index contributed by atoms with van der Waals surface area (Å²) in [5.74, 6) is -1.14. The minimum Gasteiger partial charge on any atom is -0.405 e. The van der Waals surface area contributed by atoms with Crippen molar-refractivity contribution >= 4 is 0 Å². The van der Waals surface area contributed by atoms with Crippen LogP contribution in [0.4, 0.5) is 17.6 Å². The Balaban J connectivity index is 1.75. The third-order valence-electron chi connectivity index (χ3n) is 5.80. The molecule has 8 heteroatoms. The summed E-state index contributed by atoms with van der Waals surface area (Å²) in [4.78, 5) is 2.15. The number of alkyl halides is 3. The van der Waals surface area contributed by atoms with Crippen LogP contribution in [0.2, 0.25) is 0 Å². The summed E-state index contributed by atoms with van der Waals surface area (Å²) in [7, 11) is 0. The van der Waals surface area contributed by atoms with Crippen molar-refractivity contribution in [2.45, 2.75) is 50.3 Å². The number of ether oxygens (including phenoxy) is 1. The number of para-hydroxylation sites is 1. The van der Waals surface area contributed by atoms with Gasteiger partial charge in [0.25, 0.3) is 0 Å². The second kappa shape index (κ2) is 7.32. The maximum atomic E-state index is 14.1. The molecule has 0 amide bonds. The standard InChI is InChI=1S/C21H19F4N3O/c22-17-8-12(4-5-13(17)10-26)16-3-1-2-14(20(16)29-21(23,24)25)11-28-15-6-7-19(28)18(27)9-15/h1-5,8,15,18-19H,6-7,9,11,27H2/t15-,18+,19+/m0/s1. The molecule has 2 bridgehead atoms. The van der Waals surface area contributed by atoms with Crippen molar-refractivity contribution < 1.29 is 22.3 Å². The molecule has 152 valence electrons. The normalized spacial score (nSPS) is 23.9. The summed E-state index contributed by atoms with van der Waals surface area (Å²) < 4.78 is 58.0. The van der Waals surface area contributed by atoms with Gasteiger partial charge >= 0.3 is 6.36 Å². The third kappa shape index (κ3) is 3.80. The number of nitrogens with zero attached hydrogens (tertiary/aromatic N) is 2. The van der Waals surface area contributed by atoms with Crippen LogP contribution >= 0.6 is 0 Å². The van der Waals surface area contributed by atoms with E-state index >= 15 is 0 Å². The number of nitriles is 1. The quantitative estimate of drug-likeness (QED) is 0.770. The van der Waals surface area contributed by atoms with E-state index in [1.807, 2.05) is 0 Å². The Labute approximate surface area is 165 Å². The predicted molar refractivity (Wildman–Crippen MR) is 98.2 cm³/mol. The van der Waals surface area contributed by atoms with Crippen LogP contribution in [-0.4, -0.2) is 29.4 Å². The summed E-state index contributed by atoms with van der Waals surface area (Å²) >= 11 is 0. The number of benzene rings is 2. The molecule has 2 aromatic carbocycles. The molecule has 2 heterocycles. The number of nitrogens with two attached hydrogens (primary N) is 1. The van der Waals surface area contributed by atoms with Gasteiger partial charge < -0.3 is 10.5 Å². The van der Waals surface area contributed by atoms with Crippen LogP contribution < -0.4 is 10.5 Å². The molecule has 0 aliphatic carbocycles. The van der Waals surface area contributed by atoms with Gasteiger partial charge in [0.15, 0.2) is 0 Å². The zero-order valence-electron chi connectivity index (χ0n) is 15.4. The molecular weight excluding hydrogens is 386 g/mol. The van der Waals surface area contributed by atoms with Gasteiger partial charge in [-0.3, -0.25) is 4.90 Å². The molecule has 0 radical (unpaired) electrons. The van der Waals surface area contributed by atoms with Crippen LogP contribution in [0.3, 0.4) is 0 Å². The molecule has 4 nitrogen and oxygen atoms in total. The van der Waals surface area contributed by atoms with Gasteiger partial charge in [-0.15, -0.1) is 13.2 Å². The van der Waals surface area contributed by atoms with E-state index in [0.717, 1.165) is 25.3 Å². The lowest BCUT2D eigenvalue weighted by Crippen LogP contribution is -2.36. The first-order valence-electron chi connectivity index (χ1n) is 9.36. The first-order valence-corrected chi connectivity index (χ1v) is 9.36. The Morgan fingerprint density at radius 1 is 1.21 bits per heavy atom. The summed E-state index contributed by atoms with van der Waals surface area (Å²) in [6, 6.07) is 10.5. The van der Waals surface area contributed by atoms with Gasteiger partial charge in [0, 0.05) is 35.8 Å². The average Bonchev–Trinajstić information content (AvgIpc) is 3.17. The molecule has 2 aliphatic rings. The van der Waals surface area contributed by atoms with E-state index in [1.54, 1.807) is 18.2 Å². The van der Waals surface area contributed by atoms with Gasteiger partial charge in [0.2, 0.25) is 0 Å². The molecule has 2 saturated heterocycles. The fourth-order valence-electron chi connectivity index (χ4n) is 4.54. The zero-order chi connectivity index (χ0) is 20.8. The van der Waals surface area contributed by atoms with E-state index in [1.165, 1.54) is 18.2 Å². The Morgan fingerprint density at radius 2 is 2.00 bits per heavy atom. The highest BCUT2D eigenvalue weighted by Gasteiger charge is 2.45. The Hall–Kier alpha value is -2.63. The molecule has 0 aromatic heterocycles. The van der Waals surface area contributed by atoms with Gasteiger partial charge in [-0.1, -0.05) is 24.3 Å². The second-order valence-corrected chi connectivity index (χ2v) is 7.52. The highest BCUT2D eigenvalue weighted by atomic mass is 19.4. The SMILES string of the molecule is N#Cc1ccc(-c2cccc(CN3[C@H]4CC[C@@H]3[C@H](N)C4)c2OC(F)(F)F)cc1F. The molecule has 0 spiro atoms. The molecule has 2 fully saturated rings. The van der Waals surface area contributed by atoms with Crippen LogP contribution in [0.1, 0.15) is 30.4 Å². The van der Waals surface area contributed by atoms with Crippen molar-refractivity contribution in [2.75, 3.05) is 0 Å². The first-order chi connectivity index (χ1) is 13.8. The minimum absolute atomic E-state index is 0.0246. The largest absolute Gasteiger partial charge is 0.573 e. The lowest BCUT2D eigenvalue weighted by atomic mass is 9.96. The number of rotatable bonds is 4.